The maximum Gasteiger partial charge on any atom is 0.495 e. The molecule has 0 amide bonds. The fourth-order valence-corrected chi connectivity index (χ4v) is 3.12. The average molecular weight is 295 g/mol. The molecule has 4 rings (SSSR count). The topological polar surface area (TPSA) is 31.4 Å². The summed E-state index contributed by atoms with van der Waals surface area (Å²) in [5.41, 5.74) is 2.93. The Kier molecular flexibility index (Phi) is 2.95. The molecule has 0 spiro atoms. The molecule has 2 aliphatic rings. The molecule has 4 heteroatoms. The van der Waals surface area contributed by atoms with Crippen molar-refractivity contribution in [3.8, 4) is 0 Å². The van der Waals surface area contributed by atoms with Crippen molar-refractivity contribution in [2.45, 2.75) is 57.7 Å². The monoisotopic (exact) mass is 295 g/mol. The summed E-state index contributed by atoms with van der Waals surface area (Å²) in [5.74, 6) is 0.685. The second kappa shape index (κ2) is 4.56. The molecule has 2 fully saturated rings. The summed E-state index contributed by atoms with van der Waals surface area (Å²) >= 11 is 0. The minimum absolute atomic E-state index is 0.318. The molecule has 1 aromatic heterocycles. The Morgan fingerprint density at radius 3 is 2.36 bits per heavy atom. The van der Waals surface area contributed by atoms with Gasteiger partial charge in [0.2, 0.25) is 0 Å². The van der Waals surface area contributed by atoms with Gasteiger partial charge in [-0.05, 0) is 63.5 Å². The number of nitrogens with zero attached hydrogens (tertiary/aromatic N) is 1. The molecule has 1 aliphatic carbocycles. The fraction of sp³-hybridized carbons (Fsp3) is 0.500. The van der Waals surface area contributed by atoms with Crippen molar-refractivity contribution in [3.05, 3.63) is 36.0 Å². The number of hydrogen-bond acceptors (Lipinski definition) is 3. The Morgan fingerprint density at radius 1 is 1.05 bits per heavy atom. The summed E-state index contributed by atoms with van der Waals surface area (Å²) in [7, 11) is -0.329. The van der Waals surface area contributed by atoms with Crippen LogP contribution in [0.1, 0.15) is 52.0 Å². The van der Waals surface area contributed by atoms with Gasteiger partial charge < -0.3 is 9.31 Å². The first-order valence-corrected chi connectivity index (χ1v) is 8.12. The summed E-state index contributed by atoms with van der Waals surface area (Å²) in [6, 6.07) is 8.51. The van der Waals surface area contributed by atoms with Crippen molar-refractivity contribution in [2.24, 2.45) is 0 Å². The van der Waals surface area contributed by atoms with Crippen LogP contribution in [0.4, 0.5) is 0 Å². The van der Waals surface area contributed by atoms with Crippen molar-refractivity contribution >= 4 is 23.5 Å². The van der Waals surface area contributed by atoms with Crippen LogP contribution in [-0.2, 0) is 9.31 Å². The standard InChI is InChI=1S/C18H22BNO2/c1-17(2)18(3,4)22-19(21-17)15-10-9-13(12-7-8-12)16-14(15)6-5-11-20-16/h5-6,9-12H,7-8H2,1-4H3. The second-order valence-electron chi connectivity index (χ2n) is 7.51. The summed E-state index contributed by atoms with van der Waals surface area (Å²) in [6.07, 6.45) is 4.44. The normalized spacial score (nSPS) is 23.2. The van der Waals surface area contributed by atoms with Crippen molar-refractivity contribution < 1.29 is 9.31 Å². The largest absolute Gasteiger partial charge is 0.495 e. The number of hydrogen-bond donors (Lipinski definition) is 0. The lowest BCUT2D eigenvalue weighted by Gasteiger charge is -2.32. The molecule has 22 heavy (non-hydrogen) atoms. The first-order chi connectivity index (χ1) is 10.4. The summed E-state index contributed by atoms with van der Waals surface area (Å²) in [6.45, 7) is 8.36. The number of rotatable bonds is 2. The lowest BCUT2D eigenvalue weighted by atomic mass is 9.76. The predicted octanol–water partition coefficient (Wildman–Crippen LogP) is 3.41. The molecule has 1 aromatic carbocycles. The molecular formula is C18H22BNO2. The van der Waals surface area contributed by atoms with Gasteiger partial charge in [0.25, 0.3) is 0 Å². The van der Waals surface area contributed by atoms with Crippen molar-refractivity contribution in [3.63, 3.8) is 0 Å². The number of fused-ring (bicyclic) bond motifs is 1. The van der Waals surface area contributed by atoms with Crippen LogP contribution in [0.5, 0.6) is 0 Å². The van der Waals surface area contributed by atoms with Crippen LogP contribution in [0.3, 0.4) is 0 Å². The third-order valence-electron chi connectivity index (χ3n) is 5.36. The zero-order chi connectivity index (χ0) is 15.5. The van der Waals surface area contributed by atoms with E-state index in [0.29, 0.717) is 5.92 Å². The minimum Gasteiger partial charge on any atom is -0.399 e. The van der Waals surface area contributed by atoms with E-state index < -0.39 is 0 Å². The minimum atomic E-state index is -0.329. The highest BCUT2D eigenvalue weighted by Crippen LogP contribution is 2.43. The molecule has 2 aromatic rings. The van der Waals surface area contributed by atoms with Crippen LogP contribution in [0.2, 0.25) is 0 Å². The maximum absolute atomic E-state index is 6.22. The van der Waals surface area contributed by atoms with E-state index in [1.165, 1.54) is 18.4 Å². The third-order valence-corrected chi connectivity index (χ3v) is 5.36. The lowest BCUT2D eigenvalue weighted by molar-refractivity contribution is 0.00578. The van der Waals surface area contributed by atoms with Gasteiger partial charge in [0.1, 0.15) is 0 Å². The Hall–Kier alpha value is -1.39. The molecule has 0 bridgehead atoms. The van der Waals surface area contributed by atoms with Crippen LogP contribution in [0, 0.1) is 0 Å². The highest BCUT2D eigenvalue weighted by Gasteiger charge is 2.52. The first-order valence-electron chi connectivity index (χ1n) is 8.12. The number of aromatic nitrogens is 1. The molecule has 0 N–H and O–H groups in total. The molecule has 3 nitrogen and oxygen atoms in total. The van der Waals surface area contributed by atoms with E-state index in [9.17, 15) is 0 Å². The molecule has 0 unspecified atom stereocenters. The summed E-state index contributed by atoms with van der Waals surface area (Å²) < 4.78 is 12.4. The van der Waals surface area contributed by atoms with Crippen molar-refractivity contribution in [2.75, 3.05) is 0 Å². The van der Waals surface area contributed by atoms with Crippen LogP contribution >= 0.6 is 0 Å². The van der Waals surface area contributed by atoms with E-state index in [-0.39, 0.29) is 18.3 Å². The summed E-state index contributed by atoms with van der Waals surface area (Å²) in [4.78, 5) is 4.64. The van der Waals surface area contributed by atoms with Crippen molar-refractivity contribution in [1.29, 1.82) is 0 Å². The van der Waals surface area contributed by atoms with Gasteiger partial charge in [0.15, 0.2) is 0 Å². The molecule has 114 valence electrons. The fourth-order valence-electron chi connectivity index (χ4n) is 3.12. The molecule has 1 saturated heterocycles. The Labute approximate surface area is 132 Å². The molecule has 2 heterocycles. The van der Waals surface area contributed by atoms with Gasteiger partial charge in [-0.15, -0.1) is 0 Å². The molecular weight excluding hydrogens is 273 g/mol. The van der Waals surface area contributed by atoms with Gasteiger partial charge in [-0.1, -0.05) is 18.2 Å². The van der Waals surface area contributed by atoms with Gasteiger partial charge in [-0.3, -0.25) is 4.98 Å². The van der Waals surface area contributed by atoms with E-state index in [1.807, 2.05) is 12.3 Å². The first kappa shape index (κ1) is 14.2. The van der Waals surface area contributed by atoms with Gasteiger partial charge >= 0.3 is 7.12 Å². The highest BCUT2D eigenvalue weighted by molar-refractivity contribution is 6.65. The van der Waals surface area contributed by atoms with E-state index in [2.05, 4.69) is 50.9 Å². The average Bonchev–Trinajstić information content (AvgIpc) is 3.26. The molecule has 1 saturated carbocycles. The molecule has 0 atom stereocenters. The number of benzene rings is 1. The zero-order valence-corrected chi connectivity index (χ0v) is 13.7. The summed E-state index contributed by atoms with van der Waals surface area (Å²) in [5, 5.41) is 1.16. The van der Waals surface area contributed by atoms with E-state index >= 15 is 0 Å². The zero-order valence-electron chi connectivity index (χ0n) is 13.7. The smallest absolute Gasteiger partial charge is 0.399 e. The van der Waals surface area contributed by atoms with Gasteiger partial charge in [-0.2, -0.15) is 0 Å². The maximum atomic E-state index is 6.22. The lowest BCUT2D eigenvalue weighted by Crippen LogP contribution is -2.41. The predicted molar refractivity (Wildman–Crippen MR) is 89.4 cm³/mol. The van der Waals surface area contributed by atoms with Gasteiger partial charge in [-0.25, -0.2) is 0 Å². The molecule has 0 radical (unpaired) electrons. The Bertz CT molecular complexity index is 721. The Morgan fingerprint density at radius 2 is 1.73 bits per heavy atom. The number of pyridine rings is 1. The van der Waals surface area contributed by atoms with Crippen LogP contribution in [0.25, 0.3) is 10.9 Å². The van der Waals surface area contributed by atoms with Crippen LogP contribution in [0.15, 0.2) is 30.5 Å². The van der Waals surface area contributed by atoms with E-state index in [1.54, 1.807) is 0 Å². The van der Waals surface area contributed by atoms with E-state index in [4.69, 9.17) is 9.31 Å². The highest BCUT2D eigenvalue weighted by atomic mass is 16.7. The SMILES string of the molecule is CC1(C)OB(c2ccc(C3CC3)c3ncccc23)OC1(C)C. The third kappa shape index (κ3) is 2.09. The molecule has 1 aliphatic heterocycles. The van der Waals surface area contributed by atoms with E-state index in [0.717, 1.165) is 16.4 Å². The van der Waals surface area contributed by atoms with Gasteiger partial charge in [0.05, 0.1) is 16.7 Å². The van der Waals surface area contributed by atoms with Crippen LogP contribution < -0.4 is 5.46 Å². The second-order valence-corrected chi connectivity index (χ2v) is 7.51. The quantitative estimate of drug-likeness (QED) is 0.796. The Balaban J connectivity index is 1.82. The van der Waals surface area contributed by atoms with Crippen molar-refractivity contribution in [1.82, 2.24) is 4.98 Å². The van der Waals surface area contributed by atoms with Gasteiger partial charge in [0, 0.05) is 11.6 Å². The van der Waals surface area contributed by atoms with Crippen LogP contribution in [-0.4, -0.2) is 23.3 Å².